The monoisotopic (exact) mass is 336 g/mol. The topological polar surface area (TPSA) is 35.5 Å². The number of carbonyl (C=O) groups excluding carboxylic acids is 1. The predicted molar refractivity (Wildman–Crippen MR) is 83.4 cm³/mol. The molecule has 0 aromatic heterocycles. The summed E-state index contributed by atoms with van der Waals surface area (Å²) in [5.41, 5.74) is 0.450. The van der Waals surface area contributed by atoms with E-state index in [1.807, 2.05) is 38.1 Å². The molecule has 0 unspecified atom stereocenters. The Balaban J connectivity index is 2.69. The van der Waals surface area contributed by atoms with E-state index < -0.39 is 0 Å². The molecule has 106 valence electrons. The normalized spacial score (nSPS) is 10.8. The number of hydrogen-bond acceptors (Lipinski definition) is 3. The van der Waals surface area contributed by atoms with Crippen molar-refractivity contribution in [1.29, 1.82) is 0 Å². The van der Waals surface area contributed by atoms with E-state index in [-0.39, 0.29) is 12.1 Å². The van der Waals surface area contributed by atoms with Crippen LogP contribution in [0.2, 0.25) is 0 Å². The van der Waals surface area contributed by atoms with Crippen LogP contribution in [-0.2, 0) is 4.74 Å². The molecule has 0 amide bonds. The molecule has 4 heteroatoms. The maximum absolute atomic E-state index is 12.1. The molecule has 0 atom stereocenters. The number of hydrogen-bond donors (Lipinski definition) is 0. The van der Waals surface area contributed by atoms with Crippen LogP contribution in [0.25, 0.3) is 10.8 Å². The second-order valence-electron chi connectivity index (χ2n) is 4.67. The quantitative estimate of drug-likeness (QED) is 0.767. The van der Waals surface area contributed by atoms with Crippen LogP contribution < -0.4 is 4.74 Å². The molecule has 0 heterocycles. The Hall–Kier alpha value is -1.55. The molecule has 0 fully saturated rings. The molecule has 3 nitrogen and oxygen atoms in total. The minimum atomic E-state index is -0.366. The molecule has 0 radical (unpaired) electrons. The molecule has 0 N–H and O–H groups in total. The zero-order chi connectivity index (χ0) is 14.7. The van der Waals surface area contributed by atoms with Crippen LogP contribution >= 0.6 is 15.9 Å². The van der Waals surface area contributed by atoms with Crippen LogP contribution in [0.4, 0.5) is 0 Å². The van der Waals surface area contributed by atoms with Crippen molar-refractivity contribution in [3.05, 3.63) is 40.4 Å². The van der Waals surface area contributed by atoms with Gasteiger partial charge in [0.25, 0.3) is 0 Å². The number of rotatable bonds is 4. The summed E-state index contributed by atoms with van der Waals surface area (Å²) >= 11 is 3.50. The number of ether oxygens (including phenoxy) is 2. The van der Waals surface area contributed by atoms with E-state index in [9.17, 15) is 4.79 Å². The first kappa shape index (κ1) is 14.9. The van der Waals surface area contributed by atoms with Gasteiger partial charge < -0.3 is 9.47 Å². The molecule has 0 aliphatic carbocycles. The SMILES string of the molecule is CCOC(=O)c1cc(Br)c2ccccc2c1OC(C)C. The summed E-state index contributed by atoms with van der Waals surface area (Å²) in [6.45, 7) is 6.00. The standard InChI is InChI=1S/C16H17BrO3/c1-4-19-16(18)13-9-14(17)11-7-5-6-8-12(11)15(13)20-10(2)3/h5-10H,4H2,1-3H3. The molecular weight excluding hydrogens is 320 g/mol. The zero-order valence-electron chi connectivity index (χ0n) is 11.8. The van der Waals surface area contributed by atoms with E-state index in [1.54, 1.807) is 13.0 Å². The van der Waals surface area contributed by atoms with Crippen LogP contribution in [0, 0.1) is 0 Å². The van der Waals surface area contributed by atoms with Crippen molar-refractivity contribution in [3.8, 4) is 5.75 Å². The molecule has 2 aromatic carbocycles. The summed E-state index contributed by atoms with van der Waals surface area (Å²) in [5.74, 6) is 0.215. The number of fused-ring (bicyclic) bond motifs is 1. The van der Waals surface area contributed by atoms with Crippen molar-refractivity contribution in [2.45, 2.75) is 26.9 Å². The molecular formula is C16H17BrO3. The van der Waals surface area contributed by atoms with Gasteiger partial charge in [0.2, 0.25) is 0 Å². The summed E-state index contributed by atoms with van der Waals surface area (Å²) in [6.07, 6.45) is -0.0206. The van der Waals surface area contributed by atoms with Gasteiger partial charge in [-0.25, -0.2) is 4.79 Å². The lowest BCUT2D eigenvalue weighted by molar-refractivity contribution is 0.0520. The second kappa shape index (κ2) is 6.27. The zero-order valence-corrected chi connectivity index (χ0v) is 13.4. The molecule has 0 aliphatic heterocycles. The molecule has 2 rings (SSSR count). The average molecular weight is 337 g/mol. The van der Waals surface area contributed by atoms with Gasteiger partial charge in [-0.05, 0) is 32.2 Å². The van der Waals surface area contributed by atoms with Gasteiger partial charge >= 0.3 is 5.97 Å². The predicted octanol–water partition coefficient (Wildman–Crippen LogP) is 4.57. The Morgan fingerprint density at radius 3 is 2.50 bits per heavy atom. The molecule has 0 spiro atoms. The maximum atomic E-state index is 12.1. The van der Waals surface area contributed by atoms with Crippen molar-refractivity contribution in [1.82, 2.24) is 0 Å². The first-order valence-electron chi connectivity index (χ1n) is 6.59. The van der Waals surface area contributed by atoms with Gasteiger partial charge in [-0.1, -0.05) is 40.2 Å². The lowest BCUT2D eigenvalue weighted by Crippen LogP contribution is -2.12. The molecule has 0 bridgehead atoms. The van der Waals surface area contributed by atoms with Crippen LogP contribution in [0.3, 0.4) is 0 Å². The third-order valence-corrected chi connectivity index (χ3v) is 3.45. The number of benzene rings is 2. The van der Waals surface area contributed by atoms with E-state index in [4.69, 9.17) is 9.47 Å². The summed E-state index contributed by atoms with van der Waals surface area (Å²) in [4.78, 5) is 12.1. The summed E-state index contributed by atoms with van der Waals surface area (Å²) in [6, 6.07) is 9.58. The van der Waals surface area contributed by atoms with Crippen molar-refractivity contribution in [2.24, 2.45) is 0 Å². The summed E-state index contributed by atoms with van der Waals surface area (Å²) in [7, 11) is 0. The van der Waals surface area contributed by atoms with E-state index in [2.05, 4.69) is 15.9 Å². The first-order valence-corrected chi connectivity index (χ1v) is 7.39. The van der Waals surface area contributed by atoms with E-state index in [1.165, 1.54) is 0 Å². The lowest BCUT2D eigenvalue weighted by atomic mass is 10.1. The molecule has 2 aromatic rings. The Kier molecular flexibility index (Phi) is 4.65. The van der Waals surface area contributed by atoms with Crippen LogP contribution in [-0.4, -0.2) is 18.7 Å². The van der Waals surface area contributed by atoms with E-state index in [0.717, 1.165) is 15.2 Å². The van der Waals surface area contributed by atoms with Gasteiger partial charge in [0.15, 0.2) is 0 Å². The van der Waals surface area contributed by atoms with E-state index >= 15 is 0 Å². The molecule has 20 heavy (non-hydrogen) atoms. The van der Waals surface area contributed by atoms with E-state index in [0.29, 0.717) is 17.9 Å². The molecule has 0 aliphatic rings. The van der Waals surface area contributed by atoms with Crippen molar-refractivity contribution in [3.63, 3.8) is 0 Å². The van der Waals surface area contributed by atoms with Gasteiger partial charge in [-0.3, -0.25) is 0 Å². The lowest BCUT2D eigenvalue weighted by Gasteiger charge is -2.17. The Morgan fingerprint density at radius 1 is 1.25 bits per heavy atom. The van der Waals surface area contributed by atoms with Crippen LogP contribution in [0.1, 0.15) is 31.1 Å². The smallest absolute Gasteiger partial charge is 0.341 e. The molecule has 0 saturated heterocycles. The fraction of sp³-hybridized carbons (Fsp3) is 0.312. The van der Waals surface area contributed by atoms with Crippen molar-refractivity contribution in [2.75, 3.05) is 6.61 Å². The van der Waals surface area contributed by atoms with Gasteiger partial charge in [0.1, 0.15) is 11.3 Å². The van der Waals surface area contributed by atoms with Crippen molar-refractivity contribution < 1.29 is 14.3 Å². The summed E-state index contributed by atoms with van der Waals surface area (Å²) < 4.78 is 11.8. The highest BCUT2D eigenvalue weighted by Gasteiger charge is 2.19. The van der Waals surface area contributed by atoms with Gasteiger partial charge in [0, 0.05) is 9.86 Å². The third-order valence-electron chi connectivity index (χ3n) is 2.79. The van der Waals surface area contributed by atoms with Crippen molar-refractivity contribution >= 4 is 32.7 Å². The largest absolute Gasteiger partial charge is 0.489 e. The first-order chi connectivity index (χ1) is 9.54. The van der Waals surface area contributed by atoms with Crippen LogP contribution in [0.5, 0.6) is 5.75 Å². The minimum Gasteiger partial charge on any atom is -0.489 e. The number of carbonyl (C=O) groups is 1. The van der Waals surface area contributed by atoms with Gasteiger partial charge in [0.05, 0.1) is 12.7 Å². The van der Waals surface area contributed by atoms with Crippen LogP contribution in [0.15, 0.2) is 34.8 Å². The van der Waals surface area contributed by atoms with Gasteiger partial charge in [-0.15, -0.1) is 0 Å². The van der Waals surface area contributed by atoms with Gasteiger partial charge in [-0.2, -0.15) is 0 Å². The fourth-order valence-electron chi connectivity index (χ4n) is 2.03. The number of esters is 1. The Bertz CT molecular complexity index is 635. The highest BCUT2D eigenvalue weighted by atomic mass is 79.9. The average Bonchev–Trinajstić information content (AvgIpc) is 2.41. The molecule has 0 saturated carbocycles. The summed E-state index contributed by atoms with van der Waals surface area (Å²) in [5, 5.41) is 1.91. The Morgan fingerprint density at radius 2 is 1.90 bits per heavy atom. The highest BCUT2D eigenvalue weighted by molar-refractivity contribution is 9.10. The number of halogens is 1. The third kappa shape index (κ3) is 2.96. The fourth-order valence-corrected chi connectivity index (χ4v) is 2.60. The minimum absolute atomic E-state index is 0.0206. The Labute approximate surface area is 127 Å². The highest BCUT2D eigenvalue weighted by Crippen LogP contribution is 2.36. The maximum Gasteiger partial charge on any atom is 0.341 e. The second-order valence-corrected chi connectivity index (χ2v) is 5.52.